The summed E-state index contributed by atoms with van der Waals surface area (Å²) in [5.41, 5.74) is -1.61. The number of carbonyl (C=O) groups excluding carboxylic acids is 1. The van der Waals surface area contributed by atoms with Crippen molar-refractivity contribution in [1.29, 1.82) is 0 Å². The first-order valence-corrected chi connectivity index (χ1v) is 11.3. The minimum Gasteiger partial charge on any atom is -0.359 e. The molecule has 0 radical (unpaired) electrons. The van der Waals surface area contributed by atoms with Gasteiger partial charge in [0.1, 0.15) is 0 Å². The van der Waals surface area contributed by atoms with Gasteiger partial charge in [0.25, 0.3) is 5.91 Å². The summed E-state index contributed by atoms with van der Waals surface area (Å²) in [6, 6.07) is 0. The summed E-state index contributed by atoms with van der Waals surface area (Å²) in [7, 11) is 0. The van der Waals surface area contributed by atoms with Crippen LogP contribution in [0, 0.1) is 5.41 Å². The third kappa shape index (κ3) is 5.06. The Morgan fingerprint density at radius 1 is 0.741 bits per heavy atom. The molecule has 0 aliphatic carbocycles. The lowest BCUT2D eigenvalue weighted by Crippen LogP contribution is -2.73. The van der Waals surface area contributed by atoms with Gasteiger partial charge in [-0.1, -0.05) is 58.8 Å². The number of carbonyl (C=O) groups is 1. The highest BCUT2D eigenvalue weighted by molar-refractivity contribution is 5.86. The molecule has 1 amide bonds. The van der Waals surface area contributed by atoms with Crippen LogP contribution >= 0.6 is 0 Å². The standard InChI is InChI=1S/C23H44N2O2/c1-20(2)15-13-11-9-7-8-10-12-14-17-24-19(26)23(27-20)16-18-25-22(5,6)21(23,3)4/h25H,7-18H2,1-6H3,(H,24,26). The Morgan fingerprint density at radius 3 is 1.93 bits per heavy atom. The van der Waals surface area contributed by atoms with Gasteiger partial charge in [0.15, 0.2) is 5.60 Å². The summed E-state index contributed by atoms with van der Waals surface area (Å²) in [4.78, 5) is 13.6. The first-order chi connectivity index (χ1) is 12.5. The van der Waals surface area contributed by atoms with Crippen molar-refractivity contribution in [1.82, 2.24) is 10.6 Å². The molecule has 2 rings (SSSR count). The third-order valence-corrected chi connectivity index (χ3v) is 7.42. The molecule has 2 saturated heterocycles. The smallest absolute Gasteiger partial charge is 0.252 e. The van der Waals surface area contributed by atoms with Crippen molar-refractivity contribution in [3.05, 3.63) is 0 Å². The van der Waals surface area contributed by atoms with Crippen LogP contribution in [0.15, 0.2) is 0 Å². The van der Waals surface area contributed by atoms with E-state index in [-0.39, 0.29) is 22.5 Å². The van der Waals surface area contributed by atoms with Crippen molar-refractivity contribution in [2.45, 2.75) is 122 Å². The van der Waals surface area contributed by atoms with E-state index in [1.54, 1.807) is 0 Å². The maximum atomic E-state index is 13.6. The fourth-order valence-corrected chi connectivity index (χ4v) is 4.82. The van der Waals surface area contributed by atoms with Gasteiger partial charge in [0, 0.05) is 17.5 Å². The number of ether oxygens (including phenoxy) is 1. The lowest BCUT2D eigenvalue weighted by molar-refractivity contribution is -0.226. The molecule has 0 aromatic carbocycles. The fraction of sp³-hybridized carbons (Fsp3) is 0.957. The Morgan fingerprint density at radius 2 is 1.30 bits per heavy atom. The summed E-state index contributed by atoms with van der Waals surface area (Å²) in [5, 5.41) is 6.87. The Balaban J connectivity index is 2.31. The number of piperidine rings is 1. The molecule has 2 heterocycles. The van der Waals surface area contributed by atoms with E-state index in [0.29, 0.717) is 0 Å². The van der Waals surface area contributed by atoms with E-state index in [4.69, 9.17) is 4.74 Å². The molecule has 2 aliphatic rings. The molecule has 158 valence electrons. The van der Waals surface area contributed by atoms with E-state index in [9.17, 15) is 4.79 Å². The summed E-state index contributed by atoms with van der Waals surface area (Å²) in [6.45, 7) is 14.7. The van der Waals surface area contributed by atoms with Gasteiger partial charge < -0.3 is 15.4 Å². The number of hydrogen-bond acceptors (Lipinski definition) is 3. The summed E-state index contributed by atoms with van der Waals surface area (Å²) in [6.07, 6.45) is 11.7. The third-order valence-electron chi connectivity index (χ3n) is 7.42. The second-order valence-electron chi connectivity index (χ2n) is 10.4. The maximum absolute atomic E-state index is 13.6. The molecule has 2 aliphatic heterocycles. The average molecular weight is 381 g/mol. The second kappa shape index (κ2) is 8.82. The molecule has 27 heavy (non-hydrogen) atoms. The predicted octanol–water partition coefficient (Wildman–Crippen LogP) is 4.96. The van der Waals surface area contributed by atoms with Crippen molar-refractivity contribution < 1.29 is 9.53 Å². The number of nitrogens with one attached hydrogen (secondary N) is 2. The Hall–Kier alpha value is -0.610. The topological polar surface area (TPSA) is 50.4 Å². The van der Waals surface area contributed by atoms with Gasteiger partial charge in [0.05, 0.1) is 5.60 Å². The summed E-state index contributed by atoms with van der Waals surface area (Å²) < 4.78 is 6.85. The summed E-state index contributed by atoms with van der Waals surface area (Å²) in [5.74, 6) is 0.0880. The first kappa shape index (κ1) is 22.7. The van der Waals surface area contributed by atoms with Crippen LogP contribution in [0.5, 0.6) is 0 Å². The number of hydrogen-bond donors (Lipinski definition) is 2. The molecule has 1 unspecified atom stereocenters. The minimum atomic E-state index is -0.800. The average Bonchev–Trinajstić information content (AvgIpc) is 2.56. The monoisotopic (exact) mass is 380 g/mol. The van der Waals surface area contributed by atoms with Gasteiger partial charge in [0.2, 0.25) is 0 Å². The predicted molar refractivity (Wildman–Crippen MR) is 113 cm³/mol. The highest BCUT2D eigenvalue weighted by Gasteiger charge is 2.62. The minimum absolute atomic E-state index is 0.0880. The van der Waals surface area contributed by atoms with Crippen LogP contribution in [0.2, 0.25) is 0 Å². The SMILES string of the molecule is CC1(C)CCCCCCCCCCNC(=O)C2(CCNC(C)(C)C2(C)C)O1. The van der Waals surface area contributed by atoms with Gasteiger partial charge in [-0.05, 0) is 53.5 Å². The van der Waals surface area contributed by atoms with Crippen molar-refractivity contribution in [2.24, 2.45) is 5.41 Å². The van der Waals surface area contributed by atoms with E-state index >= 15 is 0 Å². The summed E-state index contributed by atoms with van der Waals surface area (Å²) >= 11 is 0. The molecule has 4 nitrogen and oxygen atoms in total. The van der Waals surface area contributed by atoms with Crippen molar-refractivity contribution >= 4 is 5.91 Å². The zero-order valence-corrected chi connectivity index (χ0v) is 18.8. The van der Waals surface area contributed by atoms with Crippen molar-refractivity contribution in [3.8, 4) is 0 Å². The Labute approximate surface area is 167 Å². The van der Waals surface area contributed by atoms with E-state index in [1.165, 1.54) is 44.9 Å². The molecule has 1 atom stereocenters. The molecule has 0 aromatic heterocycles. The molecule has 0 bridgehead atoms. The van der Waals surface area contributed by atoms with Gasteiger partial charge >= 0.3 is 0 Å². The van der Waals surface area contributed by atoms with Crippen LogP contribution in [-0.4, -0.2) is 35.7 Å². The van der Waals surface area contributed by atoms with Crippen LogP contribution in [0.4, 0.5) is 0 Å². The highest BCUT2D eigenvalue weighted by Crippen LogP contribution is 2.50. The molecule has 1 spiro atoms. The number of amides is 1. The maximum Gasteiger partial charge on any atom is 0.252 e. The van der Waals surface area contributed by atoms with Crippen LogP contribution in [0.1, 0.15) is 106 Å². The molecule has 4 heteroatoms. The molecule has 0 aromatic rings. The van der Waals surface area contributed by atoms with Crippen LogP contribution < -0.4 is 10.6 Å². The molecular weight excluding hydrogens is 336 g/mol. The normalized spacial score (nSPS) is 32.9. The zero-order valence-electron chi connectivity index (χ0n) is 18.8. The fourth-order valence-electron chi connectivity index (χ4n) is 4.82. The molecular formula is C23H44N2O2. The molecule has 2 fully saturated rings. The quantitative estimate of drug-likeness (QED) is 0.624. The number of rotatable bonds is 0. The van der Waals surface area contributed by atoms with E-state index in [2.05, 4.69) is 52.2 Å². The van der Waals surface area contributed by atoms with Gasteiger partial charge in [-0.25, -0.2) is 0 Å². The van der Waals surface area contributed by atoms with E-state index in [1.807, 2.05) is 0 Å². The molecule has 0 saturated carbocycles. The first-order valence-electron chi connectivity index (χ1n) is 11.3. The van der Waals surface area contributed by atoms with Crippen LogP contribution in [-0.2, 0) is 9.53 Å². The lowest BCUT2D eigenvalue weighted by atomic mass is 9.59. The Bertz CT molecular complexity index is 499. The van der Waals surface area contributed by atoms with Crippen molar-refractivity contribution in [3.63, 3.8) is 0 Å². The van der Waals surface area contributed by atoms with E-state index in [0.717, 1.165) is 32.4 Å². The van der Waals surface area contributed by atoms with E-state index < -0.39 is 5.60 Å². The lowest BCUT2D eigenvalue weighted by Gasteiger charge is -2.59. The highest BCUT2D eigenvalue weighted by atomic mass is 16.5. The zero-order chi connectivity index (χ0) is 20.2. The molecule has 2 N–H and O–H groups in total. The Kier molecular flexibility index (Phi) is 7.40. The van der Waals surface area contributed by atoms with Crippen LogP contribution in [0.25, 0.3) is 0 Å². The van der Waals surface area contributed by atoms with Crippen LogP contribution in [0.3, 0.4) is 0 Å². The second-order valence-corrected chi connectivity index (χ2v) is 10.4. The van der Waals surface area contributed by atoms with Gasteiger partial charge in [-0.2, -0.15) is 0 Å². The van der Waals surface area contributed by atoms with Crippen molar-refractivity contribution in [2.75, 3.05) is 13.1 Å². The van der Waals surface area contributed by atoms with Gasteiger partial charge in [-0.3, -0.25) is 4.79 Å². The largest absolute Gasteiger partial charge is 0.359 e. The van der Waals surface area contributed by atoms with Gasteiger partial charge in [-0.15, -0.1) is 0 Å².